The summed E-state index contributed by atoms with van der Waals surface area (Å²) in [6, 6.07) is 8.23. The summed E-state index contributed by atoms with van der Waals surface area (Å²) in [6.07, 6.45) is 1.78. The normalized spacial score (nSPS) is 14.4. The minimum atomic E-state index is 0.0427. The number of nitrogens with one attached hydrogen (secondary N) is 1. The molecule has 0 saturated heterocycles. The van der Waals surface area contributed by atoms with Gasteiger partial charge in [0.2, 0.25) is 0 Å². The fourth-order valence-corrected chi connectivity index (χ4v) is 1.14. The van der Waals surface area contributed by atoms with E-state index in [1.165, 1.54) is 0 Å². The van der Waals surface area contributed by atoms with Gasteiger partial charge >= 0.3 is 0 Å². The molecule has 0 aliphatic carbocycles. The highest BCUT2D eigenvalue weighted by Crippen LogP contribution is 2.07. The van der Waals surface area contributed by atoms with E-state index < -0.39 is 0 Å². The molecule has 14 heavy (non-hydrogen) atoms. The number of pyridine rings is 1. The van der Waals surface area contributed by atoms with Gasteiger partial charge in [-0.1, -0.05) is 6.07 Å². The molecule has 2 atom stereocenters. The first kappa shape index (κ1) is 10.7. The van der Waals surface area contributed by atoms with Gasteiger partial charge in [-0.15, -0.1) is 0 Å². The molecule has 0 spiro atoms. The van der Waals surface area contributed by atoms with Gasteiger partial charge in [0, 0.05) is 18.8 Å². The van der Waals surface area contributed by atoms with Crippen molar-refractivity contribution in [2.75, 3.05) is 6.54 Å². The van der Waals surface area contributed by atoms with Crippen molar-refractivity contribution in [3.63, 3.8) is 0 Å². The van der Waals surface area contributed by atoms with Crippen molar-refractivity contribution in [3.05, 3.63) is 30.1 Å². The molecule has 0 fully saturated rings. The van der Waals surface area contributed by atoms with Crippen LogP contribution >= 0.6 is 0 Å². The van der Waals surface area contributed by atoms with E-state index in [1.54, 1.807) is 6.20 Å². The Morgan fingerprint density at radius 1 is 1.50 bits per heavy atom. The average Bonchev–Trinajstić information content (AvgIpc) is 2.26. The lowest BCUT2D eigenvalue weighted by molar-refractivity contribution is 0.519. The molecule has 0 aliphatic rings. The van der Waals surface area contributed by atoms with E-state index in [0.29, 0.717) is 6.54 Å². The van der Waals surface area contributed by atoms with Gasteiger partial charge in [0.25, 0.3) is 0 Å². The Labute approximate surface area is 84.8 Å². The zero-order valence-electron chi connectivity index (χ0n) is 8.57. The molecule has 3 heteroatoms. The van der Waals surface area contributed by atoms with Crippen LogP contribution in [0.2, 0.25) is 0 Å². The summed E-state index contributed by atoms with van der Waals surface area (Å²) in [7, 11) is 0. The molecule has 0 radical (unpaired) electrons. The summed E-state index contributed by atoms with van der Waals surface area (Å²) in [5.41, 5.74) is 1.01. The smallest absolute Gasteiger partial charge is 0.0666 e. The number of hydrogen-bond donors (Lipinski definition) is 1. The zero-order chi connectivity index (χ0) is 10.4. The van der Waals surface area contributed by atoms with Crippen LogP contribution in [-0.4, -0.2) is 11.5 Å². The van der Waals surface area contributed by atoms with Gasteiger partial charge in [-0.3, -0.25) is 4.98 Å². The lowest BCUT2D eigenvalue weighted by Gasteiger charge is -2.13. The van der Waals surface area contributed by atoms with E-state index in [0.717, 1.165) is 5.69 Å². The van der Waals surface area contributed by atoms with Gasteiger partial charge in [0.1, 0.15) is 0 Å². The summed E-state index contributed by atoms with van der Waals surface area (Å²) < 4.78 is 0. The van der Waals surface area contributed by atoms with Crippen molar-refractivity contribution < 1.29 is 0 Å². The van der Waals surface area contributed by atoms with Crippen LogP contribution in [0.15, 0.2) is 24.4 Å². The Bertz CT molecular complexity index is 302. The highest BCUT2D eigenvalue weighted by Gasteiger charge is 2.06. The molecule has 2 unspecified atom stereocenters. The minimum Gasteiger partial charge on any atom is -0.308 e. The molecule has 1 aromatic rings. The zero-order valence-corrected chi connectivity index (χ0v) is 8.57. The lowest BCUT2D eigenvalue weighted by Crippen LogP contribution is -2.24. The third-order valence-corrected chi connectivity index (χ3v) is 2.08. The van der Waals surface area contributed by atoms with Crippen LogP contribution in [0.3, 0.4) is 0 Å². The molecule has 0 aliphatic heterocycles. The first-order valence-corrected chi connectivity index (χ1v) is 4.78. The van der Waals surface area contributed by atoms with E-state index in [1.807, 2.05) is 32.0 Å². The summed E-state index contributed by atoms with van der Waals surface area (Å²) in [5, 5.41) is 11.9. The number of nitrogens with zero attached hydrogens (tertiary/aromatic N) is 2. The third kappa shape index (κ3) is 3.15. The predicted octanol–water partition coefficient (Wildman–Crippen LogP) is 1.89. The Morgan fingerprint density at radius 2 is 2.29 bits per heavy atom. The van der Waals surface area contributed by atoms with E-state index in [-0.39, 0.29) is 12.0 Å². The van der Waals surface area contributed by atoms with Crippen LogP contribution in [0.25, 0.3) is 0 Å². The van der Waals surface area contributed by atoms with Gasteiger partial charge in [-0.25, -0.2) is 0 Å². The average molecular weight is 189 g/mol. The Morgan fingerprint density at radius 3 is 2.86 bits per heavy atom. The topological polar surface area (TPSA) is 48.7 Å². The van der Waals surface area contributed by atoms with Crippen molar-refractivity contribution in [2.24, 2.45) is 5.92 Å². The van der Waals surface area contributed by atoms with Crippen molar-refractivity contribution >= 4 is 0 Å². The number of rotatable bonds is 4. The molecule has 74 valence electrons. The molecule has 0 aromatic carbocycles. The fourth-order valence-electron chi connectivity index (χ4n) is 1.14. The van der Waals surface area contributed by atoms with Crippen molar-refractivity contribution in [3.8, 4) is 6.07 Å². The SMILES string of the molecule is CC(C#N)CNC(C)c1ccccn1. The highest BCUT2D eigenvalue weighted by molar-refractivity contribution is 5.07. The van der Waals surface area contributed by atoms with Crippen LogP contribution in [0.1, 0.15) is 25.6 Å². The van der Waals surface area contributed by atoms with Gasteiger partial charge in [0.05, 0.1) is 17.7 Å². The van der Waals surface area contributed by atoms with Gasteiger partial charge < -0.3 is 5.32 Å². The molecule has 0 bridgehead atoms. The molecule has 0 saturated carbocycles. The van der Waals surface area contributed by atoms with Crippen LogP contribution in [-0.2, 0) is 0 Å². The number of nitriles is 1. The highest BCUT2D eigenvalue weighted by atomic mass is 14.9. The van der Waals surface area contributed by atoms with Crippen molar-refractivity contribution in [2.45, 2.75) is 19.9 Å². The molecule has 1 heterocycles. The fraction of sp³-hybridized carbons (Fsp3) is 0.455. The van der Waals surface area contributed by atoms with Gasteiger partial charge in [-0.2, -0.15) is 5.26 Å². The number of hydrogen-bond acceptors (Lipinski definition) is 3. The maximum Gasteiger partial charge on any atom is 0.0666 e. The summed E-state index contributed by atoms with van der Waals surface area (Å²) in [5.74, 6) is 0.0427. The van der Waals surface area contributed by atoms with Crippen molar-refractivity contribution in [1.82, 2.24) is 10.3 Å². The standard InChI is InChI=1S/C11H15N3/c1-9(7-12)8-14-10(2)11-5-3-4-6-13-11/h3-6,9-10,14H,8H2,1-2H3. The quantitative estimate of drug-likeness (QED) is 0.786. The lowest BCUT2D eigenvalue weighted by atomic mass is 10.1. The Hall–Kier alpha value is -1.40. The molecule has 0 amide bonds. The van der Waals surface area contributed by atoms with Crippen LogP contribution < -0.4 is 5.32 Å². The second-order valence-electron chi connectivity index (χ2n) is 3.41. The van der Waals surface area contributed by atoms with Crippen LogP contribution in [0.5, 0.6) is 0 Å². The number of aromatic nitrogens is 1. The first-order valence-electron chi connectivity index (χ1n) is 4.78. The summed E-state index contributed by atoms with van der Waals surface area (Å²) in [6.45, 7) is 4.65. The molecule has 1 rings (SSSR count). The second-order valence-corrected chi connectivity index (χ2v) is 3.41. The monoisotopic (exact) mass is 189 g/mol. The maximum atomic E-state index is 8.61. The van der Waals surface area contributed by atoms with E-state index in [2.05, 4.69) is 16.4 Å². The van der Waals surface area contributed by atoms with Crippen LogP contribution in [0.4, 0.5) is 0 Å². The molecular formula is C11H15N3. The minimum absolute atomic E-state index is 0.0427. The maximum absolute atomic E-state index is 8.61. The van der Waals surface area contributed by atoms with E-state index >= 15 is 0 Å². The van der Waals surface area contributed by atoms with Crippen molar-refractivity contribution in [1.29, 1.82) is 5.26 Å². The molecule has 3 nitrogen and oxygen atoms in total. The van der Waals surface area contributed by atoms with E-state index in [9.17, 15) is 0 Å². The summed E-state index contributed by atoms with van der Waals surface area (Å²) in [4.78, 5) is 4.24. The Kier molecular flexibility index (Phi) is 4.09. The van der Waals surface area contributed by atoms with Gasteiger partial charge in [-0.05, 0) is 26.0 Å². The van der Waals surface area contributed by atoms with Crippen LogP contribution in [0, 0.1) is 17.2 Å². The third-order valence-electron chi connectivity index (χ3n) is 2.08. The first-order chi connectivity index (χ1) is 6.74. The predicted molar refractivity (Wildman–Crippen MR) is 55.4 cm³/mol. The van der Waals surface area contributed by atoms with Gasteiger partial charge in [0.15, 0.2) is 0 Å². The molecule has 1 N–H and O–H groups in total. The largest absolute Gasteiger partial charge is 0.308 e. The molecular weight excluding hydrogens is 174 g/mol. The molecule has 1 aromatic heterocycles. The second kappa shape index (κ2) is 5.36. The Balaban J connectivity index is 2.44. The van der Waals surface area contributed by atoms with E-state index in [4.69, 9.17) is 5.26 Å². The summed E-state index contributed by atoms with van der Waals surface area (Å²) >= 11 is 0.